The van der Waals surface area contributed by atoms with E-state index >= 15 is 0 Å². The van der Waals surface area contributed by atoms with Crippen LogP contribution in [0.5, 0.6) is 0 Å². The molecule has 210 valence electrons. The van der Waals surface area contributed by atoms with Gasteiger partial charge >= 0.3 is 11.9 Å². The minimum atomic E-state index is -0.772. The molecule has 0 aromatic rings. The maximum absolute atomic E-state index is 12.0. The van der Waals surface area contributed by atoms with E-state index < -0.39 is 6.10 Å². The summed E-state index contributed by atoms with van der Waals surface area (Å²) in [6.07, 6.45) is 29.4. The summed E-state index contributed by atoms with van der Waals surface area (Å²) in [7, 11) is 0. The van der Waals surface area contributed by atoms with E-state index in [2.05, 4.69) is 38.2 Å². The topological polar surface area (TPSA) is 72.8 Å². The molecule has 0 fully saturated rings. The van der Waals surface area contributed by atoms with Gasteiger partial charge < -0.3 is 14.6 Å². The molecule has 0 heterocycles. The number of allylic oxidation sites excluding steroid dienone is 4. The fraction of sp³-hybridized carbons (Fsp3) is 0.806. The molecule has 0 aliphatic heterocycles. The molecular formula is C31H56O5. The highest BCUT2D eigenvalue weighted by atomic mass is 16.6. The van der Waals surface area contributed by atoms with Crippen LogP contribution in [0.2, 0.25) is 0 Å². The highest BCUT2D eigenvalue weighted by Crippen LogP contribution is 2.11. The Bertz CT molecular complexity index is 555. The van der Waals surface area contributed by atoms with E-state index in [9.17, 15) is 14.7 Å². The zero-order valence-electron chi connectivity index (χ0n) is 23.5. The summed E-state index contributed by atoms with van der Waals surface area (Å²) in [6.45, 7) is 4.01. The Morgan fingerprint density at radius 2 is 1.03 bits per heavy atom. The van der Waals surface area contributed by atoms with Gasteiger partial charge in [-0.2, -0.15) is 0 Å². The van der Waals surface area contributed by atoms with Gasteiger partial charge in [0, 0.05) is 12.8 Å². The fourth-order valence-electron chi connectivity index (χ4n) is 3.87. The lowest BCUT2D eigenvalue weighted by molar-refractivity contribution is -0.161. The first kappa shape index (κ1) is 34.4. The molecule has 0 radical (unpaired) electrons. The number of ether oxygens (including phenoxy) is 2. The van der Waals surface area contributed by atoms with Gasteiger partial charge in [0.1, 0.15) is 6.61 Å². The van der Waals surface area contributed by atoms with Gasteiger partial charge in [-0.05, 0) is 51.4 Å². The summed E-state index contributed by atoms with van der Waals surface area (Å²) in [5, 5.41) is 9.45. The van der Waals surface area contributed by atoms with Gasteiger partial charge in [-0.1, -0.05) is 102 Å². The van der Waals surface area contributed by atoms with Crippen molar-refractivity contribution < 1.29 is 24.2 Å². The van der Waals surface area contributed by atoms with E-state index in [1.165, 1.54) is 64.2 Å². The lowest BCUT2D eigenvalue weighted by Crippen LogP contribution is -2.28. The van der Waals surface area contributed by atoms with Gasteiger partial charge in [-0.15, -0.1) is 0 Å². The van der Waals surface area contributed by atoms with Crippen LogP contribution in [0.4, 0.5) is 0 Å². The lowest BCUT2D eigenvalue weighted by Gasteiger charge is -2.15. The second kappa shape index (κ2) is 28.0. The molecule has 0 unspecified atom stereocenters. The summed E-state index contributed by atoms with van der Waals surface area (Å²) in [6, 6.07) is 0. The first-order valence-electron chi connectivity index (χ1n) is 14.9. The number of hydrogen-bond acceptors (Lipinski definition) is 5. The zero-order chi connectivity index (χ0) is 26.5. The molecule has 0 aromatic heterocycles. The average molecular weight is 509 g/mol. The molecule has 0 bridgehead atoms. The van der Waals surface area contributed by atoms with Gasteiger partial charge in [0.25, 0.3) is 0 Å². The van der Waals surface area contributed by atoms with Crippen molar-refractivity contribution in [3.8, 4) is 0 Å². The molecule has 5 heteroatoms. The van der Waals surface area contributed by atoms with E-state index in [0.717, 1.165) is 51.4 Å². The number of aliphatic hydroxyl groups is 1. The van der Waals surface area contributed by atoms with Crippen LogP contribution in [0.3, 0.4) is 0 Å². The van der Waals surface area contributed by atoms with E-state index in [-0.39, 0.29) is 25.2 Å². The minimum absolute atomic E-state index is 0.0722. The van der Waals surface area contributed by atoms with Gasteiger partial charge in [0.15, 0.2) is 6.10 Å². The maximum atomic E-state index is 12.0. The standard InChI is InChI=1S/C31H56O5/c1-3-5-7-9-11-13-15-17-19-21-23-25-30(33)35-28-29(27-32)36-31(34)26-24-22-20-18-16-14-12-10-8-6-4-2/h9-12,29,32H,3-8,13-28H2,1-2H3/b11-9-,12-10-/t29-/m1/s1. The molecule has 0 aliphatic carbocycles. The second-order valence-electron chi connectivity index (χ2n) is 9.82. The Balaban J connectivity index is 3.64. The molecule has 1 N–H and O–H groups in total. The van der Waals surface area contributed by atoms with E-state index in [4.69, 9.17) is 9.47 Å². The highest BCUT2D eigenvalue weighted by Gasteiger charge is 2.16. The van der Waals surface area contributed by atoms with E-state index in [1.54, 1.807) is 0 Å². The summed E-state index contributed by atoms with van der Waals surface area (Å²) < 4.78 is 10.5. The molecule has 5 nitrogen and oxygen atoms in total. The van der Waals surface area contributed by atoms with Crippen molar-refractivity contribution in [3.63, 3.8) is 0 Å². The summed E-state index contributed by atoms with van der Waals surface area (Å²) in [5.74, 6) is -0.618. The van der Waals surface area contributed by atoms with Crippen LogP contribution in [0.15, 0.2) is 24.3 Å². The van der Waals surface area contributed by atoms with Crippen LogP contribution < -0.4 is 0 Å². The average Bonchev–Trinajstić information content (AvgIpc) is 2.88. The SMILES string of the molecule is CCCC/C=C\CCCCCCCC(=O)OC[C@@H](CO)OC(=O)CCCCCCC/C=C\CCCC. The van der Waals surface area contributed by atoms with Gasteiger partial charge in [0.2, 0.25) is 0 Å². The van der Waals surface area contributed by atoms with Crippen LogP contribution in [0, 0.1) is 0 Å². The van der Waals surface area contributed by atoms with Crippen molar-refractivity contribution in [3.05, 3.63) is 24.3 Å². The van der Waals surface area contributed by atoms with Crippen molar-refractivity contribution in [2.45, 2.75) is 148 Å². The van der Waals surface area contributed by atoms with E-state index in [0.29, 0.717) is 12.8 Å². The van der Waals surface area contributed by atoms with Gasteiger partial charge in [-0.25, -0.2) is 0 Å². The molecule has 0 amide bonds. The first-order valence-corrected chi connectivity index (χ1v) is 14.9. The Kier molecular flexibility index (Phi) is 26.7. The lowest BCUT2D eigenvalue weighted by atomic mass is 10.1. The third-order valence-corrected chi connectivity index (χ3v) is 6.22. The van der Waals surface area contributed by atoms with Gasteiger partial charge in [0.05, 0.1) is 6.61 Å². The fourth-order valence-corrected chi connectivity index (χ4v) is 3.87. The van der Waals surface area contributed by atoms with Crippen LogP contribution >= 0.6 is 0 Å². The van der Waals surface area contributed by atoms with Crippen molar-refractivity contribution in [1.82, 2.24) is 0 Å². The first-order chi connectivity index (χ1) is 17.6. The van der Waals surface area contributed by atoms with Crippen LogP contribution in [-0.2, 0) is 19.1 Å². The maximum Gasteiger partial charge on any atom is 0.306 e. The zero-order valence-corrected chi connectivity index (χ0v) is 23.5. The predicted octanol–water partition coefficient (Wildman–Crippen LogP) is 8.39. The van der Waals surface area contributed by atoms with Crippen LogP contribution in [-0.4, -0.2) is 36.4 Å². The third-order valence-electron chi connectivity index (χ3n) is 6.22. The van der Waals surface area contributed by atoms with Crippen molar-refractivity contribution in [1.29, 1.82) is 0 Å². The Morgan fingerprint density at radius 1 is 0.611 bits per heavy atom. The number of rotatable bonds is 26. The second-order valence-corrected chi connectivity index (χ2v) is 9.82. The van der Waals surface area contributed by atoms with Crippen LogP contribution in [0.25, 0.3) is 0 Å². The Morgan fingerprint density at radius 3 is 1.50 bits per heavy atom. The number of carbonyl (C=O) groups is 2. The predicted molar refractivity (Wildman–Crippen MR) is 150 cm³/mol. The van der Waals surface area contributed by atoms with E-state index in [1.807, 2.05) is 0 Å². The molecule has 0 rings (SSSR count). The Labute approximate surface area is 222 Å². The van der Waals surface area contributed by atoms with Crippen molar-refractivity contribution in [2.75, 3.05) is 13.2 Å². The smallest absolute Gasteiger partial charge is 0.306 e. The Hall–Kier alpha value is -1.62. The molecule has 0 saturated carbocycles. The number of unbranched alkanes of at least 4 members (excludes halogenated alkanes) is 14. The summed E-state index contributed by atoms with van der Waals surface area (Å²) in [5.41, 5.74) is 0. The highest BCUT2D eigenvalue weighted by molar-refractivity contribution is 5.70. The molecular weight excluding hydrogens is 452 g/mol. The van der Waals surface area contributed by atoms with Gasteiger partial charge in [-0.3, -0.25) is 9.59 Å². The monoisotopic (exact) mass is 508 g/mol. The quantitative estimate of drug-likeness (QED) is 0.0721. The number of carbonyl (C=O) groups excluding carboxylic acids is 2. The molecule has 0 spiro atoms. The van der Waals surface area contributed by atoms with Crippen LogP contribution in [0.1, 0.15) is 142 Å². The molecule has 1 atom stereocenters. The molecule has 0 aromatic carbocycles. The van der Waals surface area contributed by atoms with Crippen molar-refractivity contribution >= 4 is 11.9 Å². The largest absolute Gasteiger partial charge is 0.462 e. The normalized spacial score (nSPS) is 12.4. The molecule has 0 aliphatic rings. The summed E-state index contributed by atoms with van der Waals surface area (Å²) in [4.78, 5) is 24.0. The minimum Gasteiger partial charge on any atom is -0.462 e. The number of hydrogen-bond donors (Lipinski definition) is 1. The van der Waals surface area contributed by atoms with Crippen molar-refractivity contribution in [2.24, 2.45) is 0 Å². The number of esters is 2. The third kappa shape index (κ3) is 25.5. The number of aliphatic hydroxyl groups excluding tert-OH is 1. The summed E-state index contributed by atoms with van der Waals surface area (Å²) >= 11 is 0. The molecule has 36 heavy (non-hydrogen) atoms. The molecule has 0 saturated heterocycles.